The summed E-state index contributed by atoms with van der Waals surface area (Å²) < 4.78 is 0. The van der Waals surface area contributed by atoms with Crippen LogP contribution in [-0.2, 0) is 5.75 Å². The third kappa shape index (κ3) is 5.69. The van der Waals surface area contributed by atoms with Gasteiger partial charge >= 0.3 is 0 Å². The van der Waals surface area contributed by atoms with E-state index in [2.05, 4.69) is 29.1 Å². The van der Waals surface area contributed by atoms with Gasteiger partial charge in [-0.1, -0.05) is 13.8 Å². The summed E-state index contributed by atoms with van der Waals surface area (Å²) in [4.78, 5) is 8.94. The highest BCUT2D eigenvalue weighted by Gasteiger charge is 2.06. The van der Waals surface area contributed by atoms with Gasteiger partial charge < -0.3 is 10.4 Å². The number of rotatable bonds is 8. The monoisotopic (exact) mass is 269 g/mol. The molecule has 0 radical (unpaired) electrons. The molecule has 0 saturated heterocycles. The number of hydrogen-bond acceptors (Lipinski definition) is 5. The molecule has 0 saturated carbocycles. The molecule has 1 aromatic rings. The van der Waals surface area contributed by atoms with Crippen LogP contribution in [0.25, 0.3) is 0 Å². The molecule has 1 heterocycles. The zero-order valence-electron chi connectivity index (χ0n) is 11.4. The number of nitrogens with zero attached hydrogens (tertiary/aromatic N) is 2. The normalized spacial score (nSPS) is 12.4. The number of nitrogens with one attached hydrogen (secondary N) is 1. The summed E-state index contributed by atoms with van der Waals surface area (Å²) >= 11 is 1.78. The number of aliphatic hydroxyl groups is 1. The fraction of sp³-hybridized carbons (Fsp3) is 0.692. The Balaban J connectivity index is 2.56. The Morgan fingerprint density at radius 3 is 2.89 bits per heavy atom. The second-order valence-corrected chi connectivity index (χ2v) is 5.80. The van der Waals surface area contributed by atoms with Gasteiger partial charge in [-0.3, -0.25) is 0 Å². The van der Waals surface area contributed by atoms with Crippen molar-refractivity contribution in [3.05, 3.63) is 17.6 Å². The van der Waals surface area contributed by atoms with Gasteiger partial charge in [0.1, 0.15) is 11.6 Å². The third-order valence-electron chi connectivity index (χ3n) is 2.49. The lowest BCUT2D eigenvalue weighted by molar-refractivity contribution is 0.289. The quantitative estimate of drug-likeness (QED) is 0.759. The Kier molecular flexibility index (Phi) is 7.05. The minimum atomic E-state index is 0.242. The standard InChI is InChI=1S/C13H23N3OS/c1-4-6-14-12-8-10(2)15-13(16-12)9-18-11(3)5-7-17/h8,11,17H,4-7,9H2,1-3H3,(H,14,15,16). The van der Waals surface area contributed by atoms with Gasteiger partial charge in [0.25, 0.3) is 0 Å². The minimum Gasteiger partial charge on any atom is -0.396 e. The molecule has 0 aliphatic carbocycles. The molecule has 0 amide bonds. The van der Waals surface area contributed by atoms with Gasteiger partial charge in [0.05, 0.1) is 5.75 Å². The molecule has 0 bridgehead atoms. The van der Waals surface area contributed by atoms with Crippen LogP contribution in [0.5, 0.6) is 0 Å². The summed E-state index contributed by atoms with van der Waals surface area (Å²) in [6.45, 7) is 7.42. The highest BCUT2D eigenvalue weighted by molar-refractivity contribution is 7.99. The molecular formula is C13H23N3OS. The van der Waals surface area contributed by atoms with Gasteiger partial charge in [-0.15, -0.1) is 0 Å². The average molecular weight is 269 g/mol. The van der Waals surface area contributed by atoms with E-state index in [4.69, 9.17) is 5.11 Å². The van der Waals surface area contributed by atoms with E-state index in [9.17, 15) is 0 Å². The average Bonchev–Trinajstić information content (AvgIpc) is 2.34. The number of aryl methyl sites for hydroxylation is 1. The summed E-state index contributed by atoms with van der Waals surface area (Å²) in [7, 11) is 0. The number of aliphatic hydroxyl groups excluding tert-OH is 1. The Bertz CT molecular complexity index is 360. The fourth-order valence-corrected chi connectivity index (χ4v) is 2.35. The van der Waals surface area contributed by atoms with Gasteiger partial charge in [-0.2, -0.15) is 11.8 Å². The zero-order chi connectivity index (χ0) is 13.4. The summed E-state index contributed by atoms with van der Waals surface area (Å²) in [5.41, 5.74) is 0.994. The van der Waals surface area contributed by atoms with Crippen molar-refractivity contribution in [2.45, 2.75) is 44.6 Å². The molecule has 102 valence electrons. The maximum atomic E-state index is 8.86. The Hall–Kier alpha value is -0.810. The first-order valence-electron chi connectivity index (χ1n) is 6.46. The summed E-state index contributed by atoms with van der Waals surface area (Å²) in [5.74, 6) is 2.57. The number of thioether (sulfide) groups is 1. The van der Waals surface area contributed by atoms with E-state index in [1.807, 2.05) is 13.0 Å². The third-order valence-corrected chi connectivity index (χ3v) is 3.72. The Morgan fingerprint density at radius 1 is 1.44 bits per heavy atom. The molecule has 0 aliphatic heterocycles. The molecule has 5 heteroatoms. The van der Waals surface area contributed by atoms with Crippen LogP contribution in [0.2, 0.25) is 0 Å². The maximum absolute atomic E-state index is 8.86. The molecule has 4 nitrogen and oxygen atoms in total. The molecule has 1 atom stereocenters. The van der Waals surface area contributed by atoms with E-state index in [1.54, 1.807) is 11.8 Å². The van der Waals surface area contributed by atoms with E-state index in [1.165, 1.54) is 0 Å². The summed E-state index contributed by atoms with van der Waals surface area (Å²) in [6.07, 6.45) is 1.90. The van der Waals surface area contributed by atoms with Crippen LogP contribution >= 0.6 is 11.8 Å². The molecule has 0 aromatic carbocycles. The highest BCUT2D eigenvalue weighted by Crippen LogP contribution is 2.19. The molecule has 0 fully saturated rings. The smallest absolute Gasteiger partial charge is 0.140 e. The Labute approximate surface area is 114 Å². The van der Waals surface area contributed by atoms with E-state index in [-0.39, 0.29) is 6.61 Å². The first kappa shape index (κ1) is 15.2. The van der Waals surface area contributed by atoms with Gasteiger partial charge in [-0.05, 0) is 19.8 Å². The molecule has 0 spiro atoms. The first-order valence-corrected chi connectivity index (χ1v) is 7.51. The van der Waals surface area contributed by atoms with Crippen molar-refractivity contribution in [1.82, 2.24) is 9.97 Å². The molecule has 1 unspecified atom stereocenters. The van der Waals surface area contributed by atoms with Gasteiger partial charge in [0.2, 0.25) is 0 Å². The van der Waals surface area contributed by atoms with Crippen LogP contribution in [0, 0.1) is 6.92 Å². The Morgan fingerprint density at radius 2 is 2.22 bits per heavy atom. The van der Waals surface area contributed by atoms with Crippen molar-refractivity contribution >= 4 is 17.6 Å². The fourth-order valence-electron chi connectivity index (χ4n) is 1.52. The van der Waals surface area contributed by atoms with Gasteiger partial charge in [-0.25, -0.2) is 9.97 Å². The van der Waals surface area contributed by atoms with Gasteiger partial charge in [0, 0.05) is 30.2 Å². The predicted octanol–water partition coefficient (Wildman–Crippen LogP) is 2.61. The molecule has 0 aliphatic rings. The van der Waals surface area contributed by atoms with Crippen LogP contribution in [0.1, 0.15) is 38.2 Å². The van der Waals surface area contributed by atoms with Crippen LogP contribution in [-0.4, -0.2) is 33.5 Å². The lowest BCUT2D eigenvalue weighted by Gasteiger charge is -2.10. The second kappa shape index (κ2) is 8.32. The van der Waals surface area contributed by atoms with E-state index < -0.39 is 0 Å². The number of anilines is 1. The summed E-state index contributed by atoms with van der Waals surface area (Å²) in [6, 6.07) is 1.97. The largest absolute Gasteiger partial charge is 0.396 e. The zero-order valence-corrected chi connectivity index (χ0v) is 12.3. The topological polar surface area (TPSA) is 58.0 Å². The molecule has 1 aromatic heterocycles. The second-order valence-electron chi connectivity index (χ2n) is 4.37. The van der Waals surface area contributed by atoms with Crippen LogP contribution in [0.15, 0.2) is 6.07 Å². The van der Waals surface area contributed by atoms with E-state index >= 15 is 0 Å². The SMILES string of the molecule is CCCNc1cc(C)nc(CSC(C)CCO)n1. The summed E-state index contributed by atoms with van der Waals surface area (Å²) in [5, 5.41) is 12.6. The lowest BCUT2D eigenvalue weighted by atomic mass is 10.3. The number of hydrogen-bond donors (Lipinski definition) is 2. The van der Waals surface area contributed by atoms with Crippen molar-refractivity contribution in [2.24, 2.45) is 0 Å². The highest BCUT2D eigenvalue weighted by atomic mass is 32.2. The molecular weight excluding hydrogens is 246 g/mol. The van der Waals surface area contributed by atoms with Crippen molar-refractivity contribution in [3.8, 4) is 0 Å². The van der Waals surface area contributed by atoms with Crippen molar-refractivity contribution in [2.75, 3.05) is 18.5 Å². The predicted molar refractivity (Wildman–Crippen MR) is 78.0 cm³/mol. The van der Waals surface area contributed by atoms with Crippen molar-refractivity contribution in [3.63, 3.8) is 0 Å². The van der Waals surface area contributed by atoms with Crippen LogP contribution < -0.4 is 5.32 Å². The first-order chi connectivity index (χ1) is 8.65. The lowest BCUT2D eigenvalue weighted by Crippen LogP contribution is -2.07. The molecule has 1 rings (SSSR count). The van der Waals surface area contributed by atoms with Crippen molar-refractivity contribution in [1.29, 1.82) is 0 Å². The van der Waals surface area contributed by atoms with Gasteiger partial charge in [0.15, 0.2) is 0 Å². The molecule has 18 heavy (non-hydrogen) atoms. The number of aromatic nitrogens is 2. The van der Waals surface area contributed by atoms with Crippen molar-refractivity contribution < 1.29 is 5.11 Å². The minimum absolute atomic E-state index is 0.242. The van der Waals surface area contributed by atoms with E-state index in [0.29, 0.717) is 5.25 Å². The van der Waals surface area contributed by atoms with E-state index in [0.717, 1.165) is 42.5 Å². The maximum Gasteiger partial charge on any atom is 0.140 e. The molecule has 2 N–H and O–H groups in total. The van der Waals surface area contributed by atoms with Crippen LogP contribution in [0.3, 0.4) is 0 Å². The van der Waals surface area contributed by atoms with Crippen LogP contribution in [0.4, 0.5) is 5.82 Å².